The molecule has 1 rings (SSSR count). The van der Waals surface area contributed by atoms with Crippen LogP contribution in [0.5, 0.6) is 0 Å². The number of hydrogen-bond donors (Lipinski definition) is 2. The average molecular weight is 285 g/mol. The van der Waals surface area contributed by atoms with Gasteiger partial charge in [0.15, 0.2) is 0 Å². The molecule has 0 aromatic heterocycles. The fourth-order valence-corrected chi connectivity index (χ4v) is 2.53. The first-order valence-corrected chi connectivity index (χ1v) is 7.18. The van der Waals surface area contributed by atoms with Crippen LogP contribution in [0.3, 0.4) is 0 Å². The number of carbonyl (C=O) groups is 2. The molecule has 6 nitrogen and oxygen atoms in total. The lowest BCUT2D eigenvalue weighted by atomic mass is 9.74. The molecule has 20 heavy (non-hydrogen) atoms. The number of likely N-dealkylation sites (tertiary alicyclic amines) is 1. The molecule has 0 radical (unpaired) electrons. The Labute approximate surface area is 121 Å². The van der Waals surface area contributed by atoms with E-state index in [9.17, 15) is 14.7 Å². The molecule has 1 aliphatic heterocycles. The number of nitrogens with one attached hydrogen (secondary N) is 1. The van der Waals surface area contributed by atoms with Gasteiger partial charge in [-0.3, -0.25) is 4.79 Å². The summed E-state index contributed by atoms with van der Waals surface area (Å²) >= 11 is 0. The monoisotopic (exact) mass is 285 g/mol. The fourth-order valence-electron chi connectivity index (χ4n) is 2.53. The molecular weight excluding hydrogens is 258 g/mol. The van der Waals surface area contributed by atoms with Gasteiger partial charge in [0.25, 0.3) is 0 Å². The molecule has 0 aromatic rings. The van der Waals surface area contributed by atoms with Crippen molar-refractivity contribution >= 4 is 12.0 Å². The van der Waals surface area contributed by atoms with Crippen molar-refractivity contribution in [2.45, 2.75) is 26.7 Å². The van der Waals surface area contributed by atoms with Crippen molar-refractivity contribution in [3.05, 3.63) is 0 Å². The zero-order chi connectivity index (χ0) is 15.3. The lowest BCUT2D eigenvalue weighted by Crippen LogP contribution is -2.51. The minimum Gasteiger partial charge on any atom is -0.481 e. The number of rotatable bonds is 5. The van der Waals surface area contributed by atoms with Crippen molar-refractivity contribution in [2.75, 3.05) is 40.3 Å². The maximum absolute atomic E-state index is 12.3. The van der Waals surface area contributed by atoms with Crippen LogP contribution in [0.2, 0.25) is 0 Å². The van der Waals surface area contributed by atoms with Gasteiger partial charge in [-0.15, -0.1) is 0 Å². The standard InChI is InChI=1S/C14H27N3O3/c1-14(2,12(18)19)11-6-5-8-17(10-11)13(20)16(4)9-7-15-3/h11,15H,5-10H2,1-4H3,(H,18,19). The van der Waals surface area contributed by atoms with E-state index in [1.165, 1.54) is 0 Å². The molecular formula is C14H27N3O3. The van der Waals surface area contributed by atoms with Crippen molar-refractivity contribution in [3.8, 4) is 0 Å². The molecule has 1 atom stereocenters. The molecule has 1 unspecified atom stereocenters. The van der Waals surface area contributed by atoms with Gasteiger partial charge in [0.2, 0.25) is 0 Å². The van der Waals surface area contributed by atoms with E-state index in [2.05, 4.69) is 5.32 Å². The Morgan fingerprint density at radius 1 is 1.45 bits per heavy atom. The fraction of sp³-hybridized carbons (Fsp3) is 0.857. The van der Waals surface area contributed by atoms with Gasteiger partial charge in [-0.05, 0) is 39.7 Å². The average Bonchev–Trinajstić information content (AvgIpc) is 2.43. The minimum absolute atomic E-state index is 0.00820. The summed E-state index contributed by atoms with van der Waals surface area (Å²) in [4.78, 5) is 27.1. The number of piperidine rings is 1. The smallest absolute Gasteiger partial charge is 0.319 e. The zero-order valence-corrected chi connectivity index (χ0v) is 13.0. The van der Waals surface area contributed by atoms with Crippen LogP contribution in [0.4, 0.5) is 4.79 Å². The number of carboxylic acids is 1. The molecule has 1 heterocycles. The van der Waals surface area contributed by atoms with Gasteiger partial charge in [-0.1, -0.05) is 0 Å². The van der Waals surface area contributed by atoms with Gasteiger partial charge in [-0.2, -0.15) is 0 Å². The van der Waals surface area contributed by atoms with E-state index < -0.39 is 11.4 Å². The molecule has 1 saturated heterocycles. The second kappa shape index (κ2) is 6.92. The molecule has 1 aliphatic rings. The SMILES string of the molecule is CNCCN(C)C(=O)N1CCCC(C(C)(C)C(=O)O)C1. The summed E-state index contributed by atoms with van der Waals surface area (Å²) in [6.45, 7) is 6.15. The summed E-state index contributed by atoms with van der Waals surface area (Å²) in [6, 6.07) is -0.00820. The van der Waals surface area contributed by atoms with E-state index in [1.807, 2.05) is 7.05 Å². The van der Waals surface area contributed by atoms with E-state index in [1.54, 1.807) is 30.7 Å². The first kappa shape index (κ1) is 16.8. The van der Waals surface area contributed by atoms with Crippen LogP contribution < -0.4 is 5.32 Å². The van der Waals surface area contributed by atoms with E-state index in [0.29, 0.717) is 13.1 Å². The van der Waals surface area contributed by atoms with Crippen LogP contribution in [0, 0.1) is 11.3 Å². The summed E-state index contributed by atoms with van der Waals surface area (Å²) in [5, 5.41) is 12.3. The van der Waals surface area contributed by atoms with Gasteiger partial charge in [0, 0.05) is 33.2 Å². The second-order valence-corrected chi connectivity index (χ2v) is 6.12. The molecule has 0 saturated carbocycles. The highest BCUT2D eigenvalue weighted by Gasteiger charge is 2.40. The molecule has 6 heteroatoms. The molecule has 2 amide bonds. The van der Waals surface area contributed by atoms with Crippen molar-refractivity contribution in [1.82, 2.24) is 15.1 Å². The number of carboxylic acid groups (broad SMARTS) is 1. The third kappa shape index (κ3) is 3.85. The number of hydrogen-bond acceptors (Lipinski definition) is 3. The van der Waals surface area contributed by atoms with E-state index in [-0.39, 0.29) is 11.9 Å². The molecule has 1 fully saturated rings. The predicted octanol–water partition coefficient (Wildman–Crippen LogP) is 1.08. The summed E-state index contributed by atoms with van der Waals surface area (Å²) in [6.07, 6.45) is 1.73. The third-order valence-electron chi connectivity index (χ3n) is 4.29. The van der Waals surface area contributed by atoms with Crippen LogP contribution in [-0.2, 0) is 4.79 Å². The topological polar surface area (TPSA) is 72.9 Å². The molecule has 116 valence electrons. The molecule has 0 spiro atoms. The Morgan fingerprint density at radius 2 is 2.10 bits per heavy atom. The van der Waals surface area contributed by atoms with Gasteiger partial charge < -0.3 is 20.2 Å². The van der Waals surface area contributed by atoms with Gasteiger partial charge in [0.05, 0.1) is 5.41 Å². The number of nitrogens with zero attached hydrogens (tertiary/aromatic N) is 2. The molecule has 0 bridgehead atoms. The number of likely N-dealkylation sites (N-methyl/N-ethyl adjacent to an activating group) is 2. The lowest BCUT2D eigenvalue weighted by Gasteiger charge is -2.40. The number of urea groups is 1. The third-order valence-corrected chi connectivity index (χ3v) is 4.29. The van der Waals surface area contributed by atoms with Crippen LogP contribution in [0.15, 0.2) is 0 Å². The predicted molar refractivity (Wildman–Crippen MR) is 77.7 cm³/mol. The quantitative estimate of drug-likeness (QED) is 0.793. The molecule has 0 aliphatic carbocycles. The Hall–Kier alpha value is -1.30. The molecule has 2 N–H and O–H groups in total. The van der Waals surface area contributed by atoms with Crippen LogP contribution in [-0.4, -0.2) is 67.2 Å². The first-order valence-electron chi connectivity index (χ1n) is 7.18. The summed E-state index contributed by atoms with van der Waals surface area (Å²) in [7, 11) is 3.64. The Kier molecular flexibility index (Phi) is 5.80. The van der Waals surface area contributed by atoms with Crippen molar-refractivity contribution in [3.63, 3.8) is 0 Å². The van der Waals surface area contributed by atoms with E-state index >= 15 is 0 Å². The normalized spacial score (nSPS) is 19.8. The van der Waals surface area contributed by atoms with Gasteiger partial charge in [0.1, 0.15) is 0 Å². The number of aliphatic carboxylic acids is 1. The highest BCUT2D eigenvalue weighted by molar-refractivity contribution is 5.76. The Bertz CT molecular complexity index is 358. The number of amides is 2. The summed E-state index contributed by atoms with van der Waals surface area (Å²) in [5.41, 5.74) is -0.789. The Balaban J connectivity index is 2.65. The first-order chi connectivity index (χ1) is 9.30. The van der Waals surface area contributed by atoms with Crippen LogP contribution in [0.1, 0.15) is 26.7 Å². The van der Waals surface area contributed by atoms with Gasteiger partial charge in [-0.25, -0.2) is 4.79 Å². The second-order valence-electron chi connectivity index (χ2n) is 6.12. The Morgan fingerprint density at radius 3 is 2.65 bits per heavy atom. The highest BCUT2D eigenvalue weighted by Crippen LogP contribution is 2.34. The number of carbonyl (C=O) groups excluding carboxylic acids is 1. The minimum atomic E-state index is -0.791. The lowest BCUT2D eigenvalue weighted by molar-refractivity contribution is -0.151. The van der Waals surface area contributed by atoms with Crippen LogP contribution in [0.25, 0.3) is 0 Å². The van der Waals surface area contributed by atoms with E-state index in [4.69, 9.17) is 0 Å². The zero-order valence-electron chi connectivity index (χ0n) is 13.0. The van der Waals surface area contributed by atoms with Gasteiger partial charge >= 0.3 is 12.0 Å². The largest absolute Gasteiger partial charge is 0.481 e. The summed E-state index contributed by atoms with van der Waals surface area (Å²) in [5.74, 6) is -0.782. The van der Waals surface area contributed by atoms with Crippen LogP contribution >= 0.6 is 0 Å². The van der Waals surface area contributed by atoms with Crippen molar-refractivity contribution in [2.24, 2.45) is 11.3 Å². The van der Waals surface area contributed by atoms with Crippen molar-refractivity contribution < 1.29 is 14.7 Å². The maximum Gasteiger partial charge on any atom is 0.319 e. The van der Waals surface area contributed by atoms with Crippen molar-refractivity contribution in [1.29, 1.82) is 0 Å². The maximum atomic E-state index is 12.3. The summed E-state index contributed by atoms with van der Waals surface area (Å²) < 4.78 is 0. The molecule has 0 aromatic carbocycles. The highest BCUT2D eigenvalue weighted by atomic mass is 16.4. The van der Waals surface area contributed by atoms with E-state index in [0.717, 1.165) is 25.9 Å².